The average molecular weight is 369 g/mol. The zero-order valence-corrected chi connectivity index (χ0v) is 14.3. The molecule has 0 aromatic carbocycles. The van der Waals surface area contributed by atoms with Gasteiger partial charge in [0.1, 0.15) is 6.04 Å². The van der Waals surface area contributed by atoms with Crippen molar-refractivity contribution in [3.8, 4) is 0 Å². The Morgan fingerprint density at radius 1 is 1.36 bits per heavy atom. The third-order valence-corrected chi connectivity index (χ3v) is 3.87. The largest absolute Gasteiger partial charge is 0.480 e. The van der Waals surface area contributed by atoms with Gasteiger partial charge < -0.3 is 15.4 Å². The number of nitrogens with zero attached hydrogens (tertiary/aromatic N) is 5. The maximum Gasteiger partial charge on any atom is 0.332 e. The van der Waals surface area contributed by atoms with Gasteiger partial charge in [-0.1, -0.05) is 0 Å². The highest BCUT2D eigenvalue weighted by Gasteiger charge is 2.18. The quantitative estimate of drug-likeness (QED) is 0.446. The van der Waals surface area contributed by atoms with Crippen LogP contribution in [0.1, 0.15) is 6.92 Å². The van der Waals surface area contributed by atoms with Gasteiger partial charge in [0.2, 0.25) is 11.9 Å². The highest BCUT2D eigenvalue weighted by atomic mass is 32.2. The summed E-state index contributed by atoms with van der Waals surface area (Å²) in [6.07, 6.45) is 0. The van der Waals surface area contributed by atoms with Crippen molar-refractivity contribution in [1.29, 1.82) is 0 Å². The van der Waals surface area contributed by atoms with Gasteiger partial charge in [0.05, 0.1) is 0 Å². The maximum absolute atomic E-state index is 12.0. The molecule has 0 saturated heterocycles. The Morgan fingerprint density at radius 3 is 2.64 bits per heavy atom. The first kappa shape index (κ1) is 18.4. The van der Waals surface area contributed by atoms with Gasteiger partial charge in [-0.05, 0) is 0 Å². The lowest BCUT2D eigenvalue weighted by Crippen LogP contribution is -2.41. The minimum atomic E-state index is -1.19. The van der Waals surface area contributed by atoms with Crippen LogP contribution in [0.15, 0.2) is 19.2 Å². The first-order valence-electron chi connectivity index (χ1n) is 6.91. The minimum absolute atomic E-state index is 0.00722. The summed E-state index contributed by atoms with van der Waals surface area (Å²) in [7, 11) is 2.81. The molecular formula is C12H15N7O5S. The number of H-pyrrole nitrogens is 1. The lowest BCUT2D eigenvalue weighted by atomic mass is 10.3. The molecule has 0 aliphatic heterocycles. The van der Waals surface area contributed by atoms with Crippen molar-refractivity contribution in [3.05, 3.63) is 20.8 Å². The summed E-state index contributed by atoms with van der Waals surface area (Å²) in [5.74, 6) is -1.72. The van der Waals surface area contributed by atoms with Crippen molar-refractivity contribution in [2.24, 2.45) is 23.7 Å². The third-order valence-electron chi connectivity index (χ3n) is 3.19. The second-order valence-corrected chi connectivity index (χ2v) is 5.79. The first-order chi connectivity index (χ1) is 11.7. The summed E-state index contributed by atoms with van der Waals surface area (Å²) in [4.78, 5) is 52.4. The highest BCUT2D eigenvalue weighted by Crippen LogP contribution is 2.15. The Bertz CT molecular complexity index is 973. The molecule has 1 atom stereocenters. The number of carbonyl (C=O) groups excluding carboxylic acids is 1. The molecule has 25 heavy (non-hydrogen) atoms. The van der Waals surface area contributed by atoms with Crippen LogP contribution in [-0.2, 0) is 23.7 Å². The second-order valence-electron chi connectivity index (χ2n) is 5.03. The van der Waals surface area contributed by atoms with Gasteiger partial charge >= 0.3 is 11.7 Å². The summed E-state index contributed by atoms with van der Waals surface area (Å²) in [6, 6.07) is -1.11. The van der Waals surface area contributed by atoms with Crippen LogP contribution in [0.25, 0.3) is 11.2 Å². The average Bonchev–Trinajstić information content (AvgIpc) is 2.97. The van der Waals surface area contributed by atoms with Crippen molar-refractivity contribution in [2.45, 2.75) is 13.0 Å². The fourth-order valence-electron chi connectivity index (χ4n) is 1.96. The molecule has 0 radical (unpaired) electrons. The SMILES string of the molecule is CC(=O)N[C@H](CSN=Nc1nc2c([nH]1)c(=O)n(C)c(=O)n2C)C(=O)O. The molecule has 2 aromatic heterocycles. The van der Waals surface area contributed by atoms with Crippen molar-refractivity contribution in [1.82, 2.24) is 24.4 Å². The molecule has 3 N–H and O–H groups in total. The predicted molar refractivity (Wildman–Crippen MR) is 88.8 cm³/mol. The number of aromatic amines is 1. The number of rotatable bonds is 6. The number of nitrogens with one attached hydrogen (secondary N) is 2. The summed E-state index contributed by atoms with van der Waals surface area (Å²) in [6.45, 7) is 1.21. The fourth-order valence-corrected chi connectivity index (χ4v) is 2.53. The van der Waals surface area contributed by atoms with E-state index in [0.29, 0.717) is 0 Å². The molecule has 2 heterocycles. The topological polar surface area (TPSA) is 164 Å². The molecule has 0 fully saturated rings. The van der Waals surface area contributed by atoms with Crippen LogP contribution in [-0.4, -0.2) is 47.9 Å². The van der Waals surface area contributed by atoms with Crippen LogP contribution in [0.4, 0.5) is 5.95 Å². The summed E-state index contributed by atoms with van der Waals surface area (Å²) < 4.78 is 5.83. The summed E-state index contributed by atoms with van der Waals surface area (Å²) in [5.41, 5.74) is -0.836. The Hall–Kier alpha value is -2.96. The number of fused-ring (bicyclic) bond motifs is 1. The highest BCUT2D eigenvalue weighted by molar-refractivity contribution is 7.97. The molecule has 2 rings (SSSR count). The number of carboxylic acids is 1. The van der Waals surface area contributed by atoms with Crippen LogP contribution in [0.5, 0.6) is 0 Å². The number of hydrogen-bond acceptors (Lipinski definition) is 8. The Kier molecular flexibility index (Phi) is 5.36. The van der Waals surface area contributed by atoms with Gasteiger partial charge in [0.25, 0.3) is 5.56 Å². The van der Waals surface area contributed by atoms with E-state index in [1.165, 1.54) is 25.6 Å². The van der Waals surface area contributed by atoms with E-state index in [9.17, 15) is 19.2 Å². The van der Waals surface area contributed by atoms with Gasteiger partial charge in [0.15, 0.2) is 11.2 Å². The van der Waals surface area contributed by atoms with Gasteiger partial charge in [-0.2, -0.15) is 4.98 Å². The minimum Gasteiger partial charge on any atom is -0.480 e. The number of carbonyl (C=O) groups is 2. The number of aryl methyl sites for hydroxylation is 1. The maximum atomic E-state index is 12.0. The predicted octanol–water partition coefficient (Wildman–Crippen LogP) is -0.718. The molecule has 0 saturated carbocycles. The summed E-state index contributed by atoms with van der Waals surface area (Å²) >= 11 is 0.802. The third kappa shape index (κ3) is 3.93. The standard InChI is InChI=1S/C12H15N7O5S/c1-5(20)13-6(10(22)23)4-25-17-16-11-14-7-8(15-11)18(2)12(24)19(3)9(7)21/h6H,4H2,1-3H3,(H,13,20)(H,14,15)(H,22,23)/t6-/m1/s1. The second kappa shape index (κ2) is 7.29. The van der Waals surface area contributed by atoms with E-state index in [0.717, 1.165) is 16.5 Å². The van der Waals surface area contributed by atoms with E-state index < -0.39 is 29.2 Å². The van der Waals surface area contributed by atoms with E-state index >= 15 is 0 Å². The van der Waals surface area contributed by atoms with Gasteiger partial charge in [-0.25, -0.2) is 9.59 Å². The van der Waals surface area contributed by atoms with Gasteiger partial charge in [0, 0.05) is 38.7 Å². The van der Waals surface area contributed by atoms with Crippen molar-refractivity contribution in [2.75, 3.05) is 5.75 Å². The van der Waals surface area contributed by atoms with Crippen molar-refractivity contribution >= 4 is 40.9 Å². The zero-order chi connectivity index (χ0) is 18.7. The molecule has 0 aliphatic carbocycles. The number of amides is 1. The summed E-state index contributed by atoms with van der Waals surface area (Å²) in [5, 5.41) is 15.0. The molecule has 1 amide bonds. The molecule has 0 spiro atoms. The normalized spacial score (nSPS) is 12.6. The smallest absolute Gasteiger partial charge is 0.332 e. The zero-order valence-electron chi connectivity index (χ0n) is 13.5. The van der Waals surface area contributed by atoms with Crippen LogP contribution in [0.3, 0.4) is 0 Å². The molecule has 0 bridgehead atoms. The Morgan fingerprint density at radius 2 is 2.04 bits per heavy atom. The molecule has 0 unspecified atom stereocenters. The van der Waals surface area contributed by atoms with Crippen LogP contribution >= 0.6 is 11.9 Å². The number of imidazole rings is 1. The molecular weight excluding hydrogens is 354 g/mol. The lowest BCUT2D eigenvalue weighted by Gasteiger charge is -2.09. The van der Waals surface area contributed by atoms with E-state index in [-0.39, 0.29) is 22.9 Å². The van der Waals surface area contributed by atoms with E-state index in [4.69, 9.17) is 5.11 Å². The van der Waals surface area contributed by atoms with Crippen molar-refractivity contribution in [3.63, 3.8) is 0 Å². The number of aliphatic carboxylic acids is 1. The van der Waals surface area contributed by atoms with Crippen LogP contribution in [0, 0.1) is 0 Å². The number of hydrogen-bond donors (Lipinski definition) is 3. The van der Waals surface area contributed by atoms with Crippen molar-refractivity contribution < 1.29 is 14.7 Å². The van der Waals surface area contributed by atoms with Gasteiger partial charge in [-0.15, -0.1) is 9.63 Å². The monoisotopic (exact) mass is 369 g/mol. The van der Waals surface area contributed by atoms with Gasteiger partial charge in [-0.3, -0.25) is 18.7 Å². The molecule has 12 nitrogen and oxygen atoms in total. The van der Waals surface area contributed by atoms with Crippen LogP contribution in [0.2, 0.25) is 0 Å². The molecule has 134 valence electrons. The molecule has 13 heteroatoms. The van der Waals surface area contributed by atoms with E-state index in [2.05, 4.69) is 24.9 Å². The first-order valence-corrected chi connectivity index (χ1v) is 7.85. The number of carboxylic acid groups (broad SMARTS) is 1. The van der Waals surface area contributed by atoms with E-state index in [1.807, 2.05) is 0 Å². The fraction of sp³-hybridized carbons (Fsp3) is 0.417. The Labute approximate surface area is 144 Å². The molecule has 0 aliphatic rings. The Balaban J connectivity index is 2.17. The van der Waals surface area contributed by atoms with E-state index in [1.54, 1.807) is 0 Å². The molecule has 2 aromatic rings. The van der Waals surface area contributed by atoms with Crippen LogP contribution < -0.4 is 16.6 Å². The number of aromatic nitrogens is 4. The lowest BCUT2D eigenvalue weighted by molar-refractivity contribution is -0.140.